The third-order valence-corrected chi connectivity index (χ3v) is 4.27. The van der Waals surface area contributed by atoms with Crippen LogP contribution in [0.15, 0.2) is 0 Å². The molecule has 0 aliphatic heterocycles. The second kappa shape index (κ2) is 16.3. The first-order valence-corrected chi connectivity index (χ1v) is 9.55. The molecule has 0 aromatic carbocycles. The van der Waals surface area contributed by atoms with E-state index >= 15 is 0 Å². The fraction of sp³-hybridized carbons (Fsp3) is 1.00. The van der Waals surface area contributed by atoms with Gasteiger partial charge in [0.2, 0.25) is 0 Å². The van der Waals surface area contributed by atoms with Gasteiger partial charge in [-0.2, -0.15) is 0 Å². The fourth-order valence-electron chi connectivity index (χ4n) is 2.45. The summed E-state index contributed by atoms with van der Waals surface area (Å²) in [6, 6.07) is 0. The largest absolute Gasteiger partial charge is 1.00 e. The highest BCUT2D eigenvalue weighted by Gasteiger charge is 2.04. The molecule has 0 radical (unpaired) electrons. The van der Waals surface area contributed by atoms with Crippen LogP contribution in [0.3, 0.4) is 0 Å². The topological polar surface area (TPSA) is 0 Å². The summed E-state index contributed by atoms with van der Waals surface area (Å²) in [5.41, 5.74) is 0. The van der Waals surface area contributed by atoms with E-state index in [0.29, 0.717) is 0 Å². The SMILES string of the molecule is C[N+](C)(C)CCCCCCCCCCCCCCBr.[Br-]. The molecule has 0 aromatic heterocycles. The second-order valence-electron chi connectivity index (χ2n) is 6.95. The highest BCUT2D eigenvalue weighted by atomic mass is 79.9. The number of unbranched alkanes of at least 4 members (excludes halogenated alkanes) is 11. The Hall–Kier alpha value is 0.920. The minimum Gasteiger partial charge on any atom is -1.00 e. The van der Waals surface area contributed by atoms with Gasteiger partial charge in [0.05, 0.1) is 27.7 Å². The number of quaternary nitrogens is 1. The molecule has 0 fully saturated rings. The van der Waals surface area contributed by atoms with Gasteiger partial charge in [-0.3, -0.25) is 0 Å². The summed E-state index contributed by atoms with van der Waals surface area (Å²) in [6.45, 7) is 1.33. The number of alkyl halides is 1. The maximum Gasteiger partial charge on any atom is 0.0780 e. The quantitative estimate of drug-likeness (QED) is 0.233. The minimum absolute atomic E-state index is 0. The Morgan fingerprint density at radius 2 is 0.850 bits per heavy atom. The van der Waals surface area contributed by atoms with Crippen molar-refractivity contribution < 1.29 is 21.5 Å². The molecule has 124 valence electrons. The smallest absolute Gasteiger partial charge is 0.0780 e. The zero-order valence-corrected chi connectivity index (χ0v) is 17.3. The van der Waals surface area contributed by atoms with E-state index < -0.39 is 0 Å². The van der Waals surface area contributed by atoms with Crippen LogP contribution in [-0.2, 0) is 0 Å². The van der Waals surface area contributed by atoms with Gasteiger partial charge in [0.25, 0.3) is 0 Å². The van der Waals surface area contributed by atoms with E-state index in [9.17, 15) is 0 Å². The van der Waals surface area contributed by atoms with Gasteiger partial charge >= 0.3 is 0 Å². The third kappa shape index (κ3) is 21.2. The average molecular weight is 415 g/mol. The number of hydrogen-bond donors (Lipinski definition) is 0. The van der Waals surface area contributed by atoms with Crippen LogP contribution < -0.4 is 17.0 Å². The molecule has 0 spiro atoms. The first kappa shape index (κ1) is 23.2. The third-order valence-electron chi connectivity index (χ3n) is 3.71. The lowest BCUT2D eigenvalue weighted by molar-refractivity contribution is -0.870. The molecule has 0 unspecified atom stereocenters. The van der Waals surface area contributed by atoms with Crippen molar-refractivity contribution in [2.45, 2.75) is 77.0 Å². The van der Waals surface area contributed by atoms with E-state index in [-0.39, 0.29) is 17.0 Å². The predicted molar refractivity (Wildman–Crippen MR) is 92.1 cm³/mol. The van der Waals surface area contributed by atoms with Crippen molar-refractivity contribution in [3.63, 3.8) is 0 Å². The Bertz CT molecular complexity index is 178. The molecular weight excluding hydrogens is 378 g/mol. The molecule has 0 atom stereocenters. The van der Waals surface area contributed by atoms with Crippen molar-refractivity contribution in [1.29, 1.82) is 0 Å². The normalized spacial score (nSPS) is 11.4. The minimum atomic E-state index is 0. The first-order valence-electron chi connectivity index (χ1n) is 8.43. The summed E-state index contributed by atoms with van der Waals surface area (Å²) < 4.78 is 1.12. The van der Waals surface area contributed by atoms with Gasteiger partial charge in [-0.1, -0.05) is 73.7 Å². The van der Waals surface area contributed by atoms with Crippen molar-refractivity contribution in [3.05, 3.63) is 0 Å². The summed E-state index contributed by atoms with van der Waals surface area (Å²) >= 11 is 3.49. The van der Waals surface area contributed by atoms with E-state index in [1.54, 1.807) is 0 Å². The maximum atomic E-state index is 3.49. The molecule has 0 bridgehead atoms. The van der Waals surface area contributed by atoms with Crippen molar-refractivity contribution in [1.82, 2.24) is 0 Å². The van der Waals surface area contributed by atoms with Gasteiger partial charge in [-0.05, 0) is 19.3 Å². The summed E-state index contributed by atoms with van der Waals surface area (Å²) in [6.07, 6.45) is 17.3. The predicted octanol–water partition coefficient (Wildman–Crippen LogP) is 2.77. The van der Waals surface area contributed by atoms with Crippen molar-refractivity contribution in [2.75, 3.05) is 33.0 Å². The van der Waals surface area contributed by atoms with Crippen LogP contribution in [0.25, 0.3) is 0 Å². The molecule has 0 heterocycles. The molecule has 0 aromatic rings. The Labute approximate surface area is 147 Å². The molecule has 0 rings (SSSR count). The number of halogens is 2. The van der Waals surface area contributed by atoms with Crippen LogP contribution in [0, 0.1) is 0 Å². The molecule has 20 heavy (non-hydrogen) atoms. The van der Waals surface area contributed by atoms with Crippen LogP contribution in [0.4, 0.5) is 0 Å². The lowest BCUT2D eigenvalue weighted by Gasteiger charge is -2.23. The first-order chi connectivity index (χ1) is 9.06. The highest BCUT2D eigenvalue weighted by Crippen LogP contribution is 2.12. The van der Waals surface area contributed by atoms with E-state index in [0.717, 1.165) is 4.48 Å². The molecule has 0 aliphatic carbocycles. The van der Waals surface area contributed by atoms with Crippen LogP contribution in [0.1, 0.15) is 77.0 Å². The highest BCUT2D eigenvalue weighted by molar-refractivity contribution is 9.09. The molecular formula is C17H37Br2N. The molecule has 3 heteroatoms. The lowest BCUT2D eigenvalue weighted by Crippen LogP contribution is -3.00. The zero-order valence-electron chi connectivity index (χ0n) is 14.1. The summed E-state index contributed by atoms with van der Waals surface area (Å²) in [7, 11) is 6.87. The molecule has 1 nitrogen and oxygen atoms in total. The van der Waals surface area contributed by atoms with E-state index in [2.05, 4.69) is 37.1 Å². The lowest BCUT2D eigenvalue weighted by atomic mass is 10.1. The van der Waals surface area contributed by atoms with E-state index in [1.807, 2.05) is 0 Å². The number of nitrogens with zero attached hydrogens (tertiary/aromatic N) is 1. The average Bonchev–Trinajstić information content (AvgIpc) is 2.34. The summed E-state index contributed by atoms with van der Waals surface area (Å²) in [5, 5.41) is 1.18. The fourth-order valence-corrected chi connectivity index (χ4v) is 2.84. The van der Waals surface area contributed by atoms with Gasteiger partial charge in [0.15, 0.2) is 0 Å². The Kier molecular flexibility index (Phi) is 18.9. The summed E-state index contributed by atoms with van der Waals surface area (Å²) in [5.74, 6) is 0. The molecule has 0 amide bonds. The van der Waals surface area contributed by atoms with Crippen molar-refractivity contribution in [3.8, 4) is 0 Å². The molecule has 0 saturated carbocycles. The van der Waals surface area contributed by atoms with Crippen molar-refractivity contribution in [2.24, 2.45) is 0 Å². The van der Waals surface area contributed by atoms with Crippen LogP contribution >= 0.6 is 15.9 Å². The zero-order chi connectivity index (χ0) is 14.4. The van der Waals surface area contributed by atoms with Crippen LogP contribution in [0.2, 0.25) is 0 Å². The van der Waals surface area contributed by atoms with Crippen molar-refractivity contribution >= 4 is 15.9 Å². The van der Waals surface area contributed by atoms with Gasteiger partial charge in [0, 0.05) is 5.33 Å². The van der Waals surface area contributed by atoms with Crippen LogP contribution in [0.5, 0.6) is 0 Å². The Balaban J connectivity index is 0. The van der Waals surface area contributed by atoms with Gasteiger partial charge < -0.3 is 21.5 Å². The molecule has 0 aliphatic rings. The van der Waals surface area contributed by atoms with Crippen LogP contribution in [-0.4, -0.2) is 37.5 Å². The number of hydrogen-bond acceptors (Lipinski definition) is 0. The monoisotopic (exact) mass is 413 g/mol. The van der Waals surface area contributed by atoms with Gasteiger partial charge in [-0.25, -0.2) is 0 Å². The van der Waals surface area contributed by atoms with Gasteiger partial charge in [-0.15, -0.1) is 0 Å². The Morgan fingerprint density at radius 3 is 1.15 bits per heavy atom. The second-order valence-corrected chi connectivity index (χ2v) is 7.74. The molecule has 0 saturated heterocycles. The maximum absolute atomic E-state index is 3.49. The Morgan fingerprint density at radius 1 is 0.550 bits per heavy atom. The number of rotatable bonds is 14. The van der Waals surface area contributed by atoms with Gasteiger partial charge in [0.1, 0.15) is 0 Å². The summed E-state index contributed by atoms with van der Waals surface area (Å²) in [4.78, 5) is 0. The van der Waals surface area contributed by atoms with E-state index in [1.165, 1.54) is 88.9 Å². The molecule has 0 N–H and O–H groups in total. The standard InChI is InChI=1S/C17H37BrN.BrH/c1-19(2,3)17-15-13-11-9-7-5-4-6-8-10-12-14-16-18;/h4-17H2,1-3H3;1H/q+1;/p-1. The van der Waals surface area contributed by atoms with E-state index in [4.69, 9.17) is 0 Å².